The molecule has 0 spiro atoms. The van der Waals surface area contributed by atoms with Crippen LogP contribution in [-0.4, -0.2) is 19.4 Å². The molecule has 0 atom stereocenters. The Labute approximate surface area is 94.2 Å². The van der Waals surface area contributed by atoms with Gasteiger partial charge in [0.15, 0.2) is 0 Å². The first-order chi connectivity index (χ1) is 7.48. The molecule has 0 aliphatic carbocycles. The molecular weight excluding hydrogens is 204 g/mol. The minimum atomic E-state index is -0.523. The number of amides is 2. The number of carbonyl (C=O) groups is 2. The van der Waals surface area contributed by atoms with Gasteiger partial charge in [0.05, 0.1) is 5.41 Å². The minimum absolute atomic E-state index is 0.0748. The van der Waals surface area contributed by atoms with E-state index in [-0.39, 0.29) is 5.91 Å². The Morgan fingerprint density at radius 2 is 2.06 bits per heavy atom. The number of hydrogen-bond acceptors (Lipinski definition) is 2. The van der Waals surface area contributed by atoms with Crippen LogP contribution in [0, 0.1) is 0 Å². The SMILES string of the molecule is CN1C(=O)C(C)(C)c2cc(NC=O)ccc21. The Hall–Kier alpha value is -1.84. The fraction of sp³-hybridized carbons (Fsp3) is 0.333. The summed E-state index contributed by atoms with van der Waals surface area (Å²) in [5, 5.41) is 2.59. The molecule has 2 amide bonds. The maximum Gasteiger partial charge on any atom is 0.236 e. The first-order valence-electron chi connectivity index (χ1n) is 5.11. The average Bonchev–Trinajstić information content (AvgIpc) is 2.42. The summed E-state index contributed by atoms with van der Waals surface area (Å²) in [6.07, 6.45) is 0.634. The Morgan fingerprint density at radius 3 is 2.69 bits per heavy atom. The lowest BCUT2D eigenvalue weighted by atomic mass is 9.86. The van der Waals surface area contributed by atoms with Crippen molar-refractivity contribution in [1.82, 2.24) is 0 Å². The molecule has 1 aromatic carbocycles. The lowest BCUT2D eigenvalue weighted by Gasteiger charge is -2.16. The van der Waals surface area contributed by atoms with Crippen molar-refractivity contribution >= 4 is 23.7 Å². The van der Waals surface area contributed by atoms with Crippen molar-refractivity contribution in [3.63, 3.8) is 0 Å². The van der Waals surface area contributed by atoms with Crippen molar-refractivity contribution in [2.45, 2.75) is 19.3 Å². The van der Waals surface area contributed by atoms with Gasteiger partial charge in [0, 0.05) is 18.4 Å². The van der Waals surface area contributed by atoms with Crippen LogP contribution in [0.15, 0.2) is 18.2 Å². The van der Waals surface area contributed by atoms with E-state index >= 15 is 0 Å². The average molecular weight is 218 g/mol. The summed E-state index contributed by atoms with van der Waals surface area (Å²) < 4.78 is 0. The predicted octanol–water partition coefficient (Wildman–Crippen LogP) is 1.51. The number of hydrogen-bond donors (Lipinski definition) is 1. The highest BCUT2D eigenvalue weighted by Crippen LogP contribution is 2.41. The molecule has 1 N–H and O–H groups in total. The highest BCUT2D eigenvalue weighted by atomic mass is 16.2. The largest absolute Gasteiger partial charge is 0.329 e. The third kappa shape index (κ3) is 1.30. The number of nitrogens with zero attached hydrogens (tertiary/aromatic N) is 1. The van der Waals surface area contributed by atoms with Crippen LogP contribution in [0.1, 0.15) is 19.4 Å². The van der Waals surface area contributed by atoms with Gasteiger partial charge >= 0.3 is 0 Å². The van der Waals surface area contributed by atoms with Gasteiger partial charge in [-0.05, 0) is 37.6 Å². The van der Waals surface area contributed by atoms with E-state index in [1.54, 1.807) is 18.0 Å². The highest BCUT2D eigenvalue weighted by Gasteiger charge is 2.42. The second-order valence-corrected chi connectivity index (χ2v) is 4.48. The molecule has 0 saturated heterocycles. The van der Waals surface area contributed by atoms with Crippen LogP contribution >= 0.6 is 0 Å². The van der Waals surface area contributed by atoms with Crippen molar-refractivity contribution in [2.24, 2.45) is 0 Å². The maximum absolute atomic E-state index is 12.0. The zero-order chi connectivity index (χ0) is 11.9. The van der Waals surface area contributed by atoms with E-state index in [0.29, 0.717) is 12.1 Å². The maximum atomic E-state index is 12.0. The van der Waals surface area contributed by atoms with Crippen molar-refractivity contribution in [1.29, 1.82) is 0 Å². The number of anilines is 2. The molecule has 1 aliphatic rings. The van der Waals surface area contributed by atoms with Crippen LogP contribution < -0.4 is 10.2 Å². The molecule has 4 heteroatoms. The van der Waals surface area contributed by atoms with Gasteiger partial charge < -0.3 is 10.2 Å². The van der Waals surface area contributed by atoms with E-state index in [4.69, 9.17) is 0 Å². The van der Waals surface area contributed by atoms with Gasteiger partial charge in [-0.2, -0.15) is 0 Å². The van der Waals surface area contributed by atoms with Crippen LogP contribution in [0.25, 0.3) is 0 Å². The van der Waals surface area contributed by atoms with E-state index in [9.17, 15) is 9.59 Å². The quantitative estimate of drug-likeness (QED) is 0.765. The van der Waals surface area contributed by atoms with Crippen LogP contribution in [0.5, 0.6) is 0 Å². The lowest BCUT2D eigenvalue weighted by Crippen LogP contribution is -2.33. The van der Waals surface area contributed by atoms with Crippen molar-refractivity contribution in [3.05, 3.63) is 23.8 Å². The number of likely N-dealkylation sites (N-methyl/N-ethyl adjacent to an activating group) is 1. The summed E-state index contributed by atoms with van der Waals surface area (Å²) in [7, 11) is 1.77. The monoisotopic (exact) mass is 218 g/mol. The molecule has 0 radical (unpaired) electrons. The Bertz CT molecular complexity index is 466. The first-order valence-corrected chi connectivity index (χ1v) is 5.11. The molecule has 16 heavy (non-hydrogen) atoms. The lowest BCUT2D eigenvalue weighted by molar-refractivity contribution is -0.121. The van der Waals surface area contributed by atoms with E-state index in [1.807, 2.05) is 26.0 Å². The Morgan fingerprint density at radius 1 is 1.38 bits per heavy atom. The van der Waals surface area contributed by atoms with Gasteiger partial charge in [-0.25, -0.2) is 0 Å². The van der Waals surface area contributed by atoms with E-state index < -0.39 is 5.41 Å². The molecule has 0 fully saturated rings. The second kappa shape index (κ2) is 3.33. The molecule has 1 aliphatic heterocycles. The van der Waals surface area contributed by atoms with Crippen molar-refractivity contribution in [3.8, 4) is 0 Å². The predicted molar refractivity (Wildman–Crippen MR) is 62.6 cm³/mol. The summed E-state index contributed by atoms with van der Waals surface area (Å²) in [5.41, 5.74) is 2.05. The van der Waals surface area contributed by atoms with E-state index in [1.165, 1.54) is 0 Å². The molecule has 84 valence electrons. The molecule has 0 saturated carbocycles. The molecule has 4 nitrogen and oxygen atoms in total. The van der Waals surface area contributed by atoms with Gasteiger partial charge in [0.25, 0.3) is 0 Å². The smallest absolute Gasteiger partial charge is 0.236 e. The van der Waals surface area contributed by atoms with Crippen LogP contribution in [-0.2, 0) is 15.0 Å². The zero-order valence-electron chi connectivity index (χ0n) is 9.57. The summed E-state index contributed by atoms with van der Waals surface area (Å²) in [5.74, 6) is 0.0748. The zero-order valence-corrected chi connectivity index (χ0v) is 9.57. The fourth-order valence-electron chi connectivity index (χ4n) is 2.13. The Kier molecular flexibility index (Phi) is 2.22. The third-order valence-electron chi connectivity index (χ3n) is 3.10. The molecule has 1 aromatic rings. The van der Waals surface area contributed by atoms with Gasteiger partial charge in [-0.15, -0.1) is 0 Å². The van der Waals surface area contributed by atoms with E-state index in [0.717, 1.165) is 11.3 Å². The number of fused-ring (bicyclic) bond motifs is 1. The van der Waals surface area contributed by atoms with Gasteiger partial charge in [-0.1, -0.05) is 0 Å². The van der Waals surface area contributed by atoms with Gasteiger partial charge in [-0.3, -0.25) is 9.59 Å². The second-order valence-electron chi connectivity index (χ2n) is 4.48. The highest BCUT2D eigenvalue weighted by molar-refractivity contribution is 6.07. The molecule has 0 bridgehead atoms. The van der Waals surface area contributed by atoms with Gasteiger partial charge in [0.2, 0.25) is 12.3 Å². The van der Waals surface area contributed by atoms with E-state index in [2.05, 4.69) is 5.32 Å². The van der Waals surface area contributed by atoms with Crippen molar-refractivity contribution in [2.75, 3.05) is 17.3 Å². The standard InChI is InChI=1S/C12H14N2O2/c1-12(2)9-6-8(13-7-15)4-5-10(9)14(3)11(12)16/h4-7H,1-3H3,(H,13,15). The number of nitrogens with one attached hydrogen (secondary N) is 1. The van der Waals surface area contributed by atoms with Crippen LogP contribution in [0.4, 0.5) is 11.4 Å². The van der Waals surface area contributed by atoms with Crippen LogP contribution in [0.2, 0.25) is 0 Å². The first kappa shape index (κ1) is 10.7. The third-order valence-corrected chi connectivity index (χ3v) is 3.10. The molecular formula is C12H14N2O2. The Balaban J connectivity index is 2.56. The number of carbonyl (C=O) groups excluding carboxylic acids is 2. The topological polar surface area (TPSA) is 49.4 Å². The summed E-state index contributed by atoms with van der Waals surface area (Å²) >= 11 is 0. The van der Waals surface area contributed by atoms with Gasteiger partial charge in [0.1, 0.15) is 0 Å². The molecule has 0 aromatic heterocycles. The minimum Gasteiger partial charge on any atom is -0.329 e. The van der Waals surface area contributed by atoms with Crippen molar-refractivity contribution < 1.29 is 9.59 Å². The molecule has 0 unspecified atom stereocenters. The summed E-state index contributed by atoms with van der Waals surface area (Å²) in [6.45, 7) is 3.78. The number of benzene rings is 1. The normalized spacial score (nSPS) is 17.2. The molecule has 1 heterocycles. The summed E-state index contributed by atoms with van der Waals surface area (Å²) in [6, 6.07) is 5.50. The van der Waals surface area contributed by atoms with Crippen LogP contribution in [0.3, 0.4) is 0 Å². The molecule has 2 rings (SSSR count). The number of rotatable bonds is 2. The fourth-order valence-corrected chi connectivity index (χ4v) is 2.13. The summed E-state index contributed by atoms with van der Waals surface area (Å²) in [4.78, 5) is 24.0.